The molecule has 1 aromatic carbocycles. The quantitative estimate of drug-likeness (QED) is 0.411. The van der Waals surface area contributed by atoms with Gasteiger partial charge in [0.15, 0.2) is 0 Å². The highest BCUT2D eigenvalue weighted by molar-refractivity contribution is 7.22. The van der Waals surface area contributed by atoms with Crippen molar-refractivity contribution in [3.8, 4) is 10.4 Å². The number of hydrogen-bond acceptors (Lipinski definition) is 7. The molecule has 0 unspecified atom stereocenters. The third kappa shape index (κ3) is 4.22. The van der Waals surface area contributed by atoms with Crippen molar-refractivity contribution < 1.29 is 4.74 Å². The normalized spacial score (nSPS) is 16.0. The fraction of sp³-hybridized carbons (Fsp3) is 0.273. The van der Waals surface area contributed by atoms with E-state index in [2.05, 4.69) is 43.8 Å². The Bertz CT molecular complexity index is 1110. The van der Waals surface area contributed by atoms with Crippen molar-refractivity contribution in [2.75, 3.05) is 38.2 Å². The van der Waals surface area contributed by atoms with Gasteiger partial charge in [-0.05, 0) is 35.2 Å². The van der Waals surface area contributed by atoms with Gasteiger partial charge >= 0.3 is 0 Å². The molecule has 0 bridgehead atoms. The smallest absolute Gasteiger partial charge is 0.147 e. The minimum absolute atomic E-state index is 0.301. The predicted molar refractivity (Wildman–Crippen MR) is 126 cm³/mol. The average Bonchev–Trinajstić information content (AvgIpc) is 3.46. The largest absolute Gasteiger partial charge is 0.379 e. The summed E-state index contributed by atoms with van der Waals surface area (Å²) in [5.41, 5.74) is 2.10. The third-order valence-electron chi connectivity index (χ3n) is 5.26. The molecule has 8 heteroatoms. The molecule has 1 aliphatic rings. The highest BCUT2D eigenvalue weighted by Gasteiger charge is 2.24. The zero-order valence-electron chi connectivity index (χ0n) is 16.3. The van der Waals surface area contributed by atoms with Crippen LogP contribution < -0.4 is 5.32 Å². The first-order chi connectivity index (χ1) is 14.8. The summed E-state index contributed by atoms with van der Waals surface area (Å²) < 4.78 is 6.63. The zero-order chi connectivity index (χ0) is 20.3. The standard InChI is InChI=1S/C22H21ClN4OS2/c23-16-5-3-15(4-6-16)20-12-17-21(30-20)22(26-14-25-17)24-13-18(19-2-1-11-29-19)27-7-9-28-10-8-27/h1-6,11-12,14,18H,7-10,13H2,(H,24,25,26)/t18-/m1/s1. The number of nitrogens with zero attached hydrogens (tertiary/aromatic N) is 3. The maximum Gasteiger partial charge on any atom is 0.147 e. The van der Waals surface area contributed by atoms with Crippen molar-refractivity contribution in [3.63, 3.8) is 0 Å². The summed E-state index contributed by atoms with van der Waals surface area (Å²) >= 11 is 9.55. The second-order valence-corrected chi connectivity index (χ2v) is 9.58. The van der Waals surface area contributed by atoms with Crippen LogP contribution >= 0.6 is 34.3 Å². The molecule has 1 fully saturated rings. The lowest BCUT2D eigenvalue weighted by atomic mass is 10.2. The molecular weight excluding hydrogens is 436 g/mol. The molecule has 1 saturated heterocycles. The van der Waals surface area contributed by atoms with Gasteiger partial charge < -0.3 is 10.1 Å². The lowest BCUT2D eigenvalue weighted by Crippen LogP contribution is -2.41. The second-order valence-electron chi connectivity index (χ2n) is 7.11. The number of morpholine rings is 1. The highest BCUT2D eigenvalue weighted by atomic mass is 35.5. The van der Waals surface area contributed by atoms with E-state index in [4.69, 9.17) is 16.3 Å². The Kier molecular flexibility index (Phi) is 5.97. The van der Waals surface area contributed by atoms with Gasteiger partial charge in [0.2, 0.25) is 0 Å². The molecule has 0 spiro atoms. The van der Waals surface area contributed by atoms with E-state index in [0.29, 0.717) is 6.04 Å². The molecule has 0 aliphatic carbocycles. The molecule has 0 radical (unpaired) electrons. The monoisotopic (exact) mass is 456 g/mol. The molecule has 5 rings (SSSR count). The predicted octanol–water partition coefficient (Wildman–Crippen LogP) is 5.56. The highest BCUT2D eigenvalue weighted by Crippen LogP contribution is 2.36. The number of thiophene rings is 2. The summed E-state index contributed by atoms with van der Waals surface area (Å²) in [4.78, 5) is 14.1. The first-order valence-corrected chi connectivity index (χ1v) is 11.9. The fourth-order valence-electron chi connectivity index (χ4n) is 3.71. The van der Waals surface area contributed by atoms with Crippen molar-refractivity contribution in [2.24, 2.45) is 0 Å². The fourth-order valence-corrected chi connectivity index (χ4v) is 5.78. The minimum atomic E-state index is 0.301. The Morgan fingerprint density at radius 3 is 2.73 bits per heavy atom. The number of hydrogen-bond donors (Lipinski definition) is 1. The number of ether oxygens (including phenoxy) is 1. The first-order valence-electron chi connectivity index (χ1n) is 9.87. The second kappa shape index (κ2) is 8.99. The molecule has 0 amide bonds. The van der Waals surface area contributed by atoms with Gasteiger partial charge in [0.1, 0.15) is 12.1 Å². The van der Waals surface area contributed by atoms with E-state index < -0.39 is 0 Å². The van der Waals surface area contributed by atoms with E-state index >= 15 is 0 Å². The molecule has 5 nitrogen and oxygen atoms in total. The Hall–Kier alpha value is -2.03. The van der Waals surface area contributed by atoms with Gasteiger partial charge in [-0.3, -0.25) is 4.90 Å². The molecule has 1 atom stereocenters. The van der Waals surface area contributed by atoms with E-state index in [-0.39, 0.29) is 0 Å². The van der Waals surface area contributed by atoms with E-state index in [9.17, 15) is 0 Å². The van der Waals surface area contributed by atoms with Crippen molar-refractivity contribution in [3.05, 3.63) is 64.1 Å². The molecular formula is C22H21ClN4OS2. The van der Waals surface area contributed by atoms with Gasteiger partial charge in [0, 0.05) is 34.4 Å². The molecule has 154 valence electrons. The van der Waals surface area contributed by atoms with Crippen LogP contribution in [0.15, 0.2) is 54.2 Å². The van der Waals surface area contributed by atoms with Gasteiger partial charge in [0.25, 0.3) is 0 Å². The van der Waals surface area contributed by atoms with Gasteiger partial charge in [-0.15, -0.1) is 22.7 Å². The average molecular weight is 457 g/mol. The van der Waals surface area contributed by atoms with Crippen molar-refractivity contribution in [1.29, 1.82) is 0 Å². The van der Waals surface area contributed by atoms with Gasteiger partial charge in [0.05, 0.1) is 29.5 Å². The van der Waals surface area contributed by atoms with Crippen molar-refractivity contribution in [1.82, 2.24) is 14.9 Å². The summed E-state index contributed by atoms with van der Waals surface area (Å²) in [5.74, 6) is 0.889. The molecule has 4 heterocycles. The number of fused-ring (bicyclic) bond motifs is 1. The molecule has 1 aliphatic heterocycles. The number of nitrogens with one attached hydrogen (secondary N) is 1. The number of anilines is 1. The van der Waals surface area contributed by atoms with Crippen LogP contribution in [0, 0.1) is 0 Å². The Balaban J connectivity index is 1.40. The van der Waals surface area contributed by atoms with Crippen LogP contribution in [0.2, 0.25) is 5.02 Å². The van der Waals surface area contributed by atoms with Crippen LogP contribution in [-0.2, 0) is 4.74 Å². The van der Waals surface area contributed by atoms with Crippen LogP contribution in [0.5, 0.6) is 0 Å². The molecule has 30 heavy (non-hydrogen) atoms. The van der Waals surface area contributed by atoms with E-state index in [1.165, 1.54) is 4.88 Å². The topological polar surface area (TPSA) is 50.3 Å². The Morgan fingerprint density at radius 2 is 1.97 bits per heavy atom. The van der Waals surface area contributed by atoms with Crippen LogP contribution in [0.25, 0.3) is 20.7 Å². The van der Waals surface area contributed by atoms with E-state index in [1.54, 1.807) is 29.0 Å². The summed E-state index contributed by atoms with van der Waals surface area (Å²) in [6.45, 7) is 4.26. The third-order valence-corrected chi connectivity index (χ3v) is 7.67. The van der Waals surface area contributed by atoms with Gasteiger partial charge in [-0.1, -0.05) is 29.8 Å². The summed E-state index contributed by atoms with van der Waals surface area (Å²) in [5, 5.41) is 6.49. The summed E-state index contributed by atoms with van der Waals surface area (Å²) in [7, 11) is 0. The van der Waals surface area contributed by atoms with E-state index in [1.807, 2.05) is 24.3 Å². The van der Waals surface area contributed by atoms with Gasteiger partial charge in [-0.25, -0.2) is 9.97 Å². The number of rotatable bonds is 6. The van der Waals surface area contributed by atoms with E-state index in [0.717, 1.165) is 64.3 Å². The van der Waals surface area contributed by atoms with Crippen molar-refractivity contribution >= 4 is 50.3 Å². The van der Waals surface area contributed by atoms with Crippen molar-refractivity contribution in [2.45, 2.75) is 6.04 Å². The molecule has 0 saturated carbocycles. The molecule has 1 N–H and O–H groups in total. The van der Waals surface area contributed by atoms with Crippen LogP contribution in [-0.4, -0.2) is 47.7 Å². The zero-order valence-corrected chi connectivity index (χ0v) is 18.6. The van der Waals surface area contributed by atoms with Crippen LogP contribution in [0.3, 0.4) is 0 Å². The van der Waals surface area contributed by atoms with Gasteiger partial charge in [-0.2, -0.15) is 0 Å². The number of benzene rings is 1. The first kappa shape index (κ1) is 19.9. The Morgan fingerprint density at radius 1 is 1.13 bits per heavy atom. The molecule has 4 aromatic rings. The lowest BCUT2D eigenvalue weighted by molar-refractivity contribution is 0.0194. The molecule has 3 aromatic heterocycles. The Labute approximate surface area is 188 Å². The summed E-state index contributed by atoms with van der Waals surface area (Å²) in [6, 6.07) is 14.7. The van der Waals surface area contributed by atoms with Crippen LogP contribution in [0.1, 0.15) is 10.9 Å². The maximum absolute atomic E-state index is 6.04. The number of aromatic nitrogens is 2. The lowest BCUT2D eigenvalue weighted by Gasteiger charge is -2.34. The maximum atomic E-state index is 6.04. The SMILES string of the molecule is Clc1ccc(-c2cc3ncnc(NC[C@H](c4cccs4)N4CCOCC4)c3s2)cc1. The van der Waals surface area contributed by atoms with Crippen LogP contribution in [0.4, 0.5) is 5.82 Å². The summed E-state index contributed by atoms with van der Waals surface area (Å²) in [6.07, 6.45) is 1.64. The minimum Gasteiger partial charge on any atom is -0.379 e. The number of halogens is 1.